The fraction of sp³-hybridized carbons (Fsp3) is 0.0625. The Balaban J connectivity index is 2.19. The number of nitrogens with two attached hydrogens (primary N) is 1. The summed E-state index contributed by atoms with van der Waals surface area (Å²) in [5.74, 6) is -0.761. The Morgan fingerprint density at radius 3 is 2.09 bits per heavy atom. The molecule has 0 aromatic heterocycles. The monoisotopic (exact) mass is 316 g/mol. The number of benzene rings is 2. The van der Waals surface area contributed by atoms with Gasteiger partial charge in [-0.3, -0.25) is 4.79 Å². The predicted octanol–water partition coefficient (Wildman–Crippen LogP) is 1.80. The summed E-state index contributed by atoms with van der Waals surface area (Å²) in [5.41, 5.74) is 6.52. The maximum Gasteiger partial charge on any atom is 0.240 e. The number of sulfonamides is 1. The van der Waals surface area contributed by atoms with Crippen LogP contribution in [0.2, 0.25) is 0 Å². The second kappa shape index (κ2) is 7.02. The van der Waals surface area contributed by atoms with Crippen molar-refractivity contribution >= 4 is 22.0 Å². The quantitative estimate of drug-likeness (QED) is 0.851. The van der Waals surface area contributed by atoms with E-state index < -0.39 is 22.0 Å². The second-order valence-corrected chi connectivity index (χ2v) is 6.22. The van der Waals surface area contributed by atoms with E-state index in [1.54, 1.807) is 54.6 Å². The molecule has 22 heavy (non-hydrogen) atoms. The van der Waals surface area contributed by atoms with Gasteiger partial charge in [-0.05, 0) is 17.2 Å². The van der Waals surface area contributed by atoms with Crippen molar-refractivity contribution in [3.63, 3.8) is 0 Å². The predicted molar refractivity (Wildman–Crippen MR) is 85.9 cm³/mol. The molecule has 0 spiro atoms. The molecule has 0 aliphatic heterocycles. The van der Waals surface area contributed by atoms with Crippen LogP contribution in [0.1, 0.15) is 17.2 Å². The van der Waals surface area contributed by atoms with E-state index in [1.165, 1.54) is 6.08 Å². The van der Waals surface area contributed by atoms with E-state index in [-0.39, 0.29) is 0 Å². The van der Waals surface area contributed by atoms with Gasteiger partial charge >= 0.3 is 0 Å². The summed E-state index contributed by atoms with van der Waals surface area (Å²) in [6, 6.07) is 16.3. The summed E-state index contributed by atoms with van der Waals surface area (Å²) in [5, 5.41) is 1.02. The van der Waals surface area contributed by atoms with E-state index in [4.69, 9.17) is 5.73 Å². The smallest absolute Gasteiger partial charge is 0.240 e. The zero-order valence-electron chi connectivity index (χ0n) is 11.7. The van der Waals surface area contributed by atoms with Gasteiger partial charge < -0.3 is 5.73 Å². The molecule has 2 aromatic carbocycles. The average Bonchev–Trinajstić information content (AvgIpc) is 2.52. The van der Waals surface area contributed by atoms with Gasteiger partial charge in [0.1, 0.15) is 6.04 Å². The van der Waals surface area contributed by atoms with Gasteiger partial charge in [-0.2, -0.15) is 4.72 Å². The zero-order valence-corrected chi connectivity index (χ0v) is 12.5. The summed E-state index contributed by atoms with van der Waals surface area (Å²) in [6.07, 6.45) is 1.45. The lowest BCUT2D eigenvalue weighted by Crippen LogP contribution is -2.36. The molecule has 0 saturated carbocycles. The van der Waals surface area contributed by atoms with Gasteiger partial charge in [0.15, 0.2) is 0 Å². The third-order valence-electron chi connectivity index (χ3n) is 2.94. The molecule has 2 aromatic rings. The minimum atomic E-state index is -3.80. The van der Waals surface area contributed by atoms with Crippen molar-refractivity contribution in [2.24, 2.45) is 5.73 Å². The van der Waals surface area contributed by atoms with Crippen LogP contribution >= 0.6 is 0 Å². The largest absolute Gasteiger partial charge is 0.368 e. The van der Waals surface area contributed by atoms with Crippen LogP contribution in [-0.4, -0.2) is 14.3 Å². The highest BCUT2D eigenvalue weighted by molar-refractivity contribution is 7.92. The van der Waals surface area contributed by atoms with Crippen molar-refractivity contribution in [2.75, 3.05) is 0 Å². The molecule has 0 aliphatic rings. The molecule has 0 bridgehead atoms. The standard InChI is InChI=1S/C16H16N2O3S/c17-16(19)15(14-9-5-2-6-10-14)18-22(20,21)12-11-13-7-3-1-4-8-13/h1-12,15,18H,(H2,17,19)/b12-11-/t15-/m0/s1. The lowest BCUT2D eigenvalue weighted by Gasteiger charge is -2.14. The molecule has 1 amide bonds. The van der Waals surface area contributed by atoms with Crippen LogP contribution in [0.25, 0.3) is 6.08 Å². The molecule has 2 rings (SSSR count). The Kier molecular flexibility index (Phi) is 5.08. The Labute approximate surface area is 129 Å². The Morgan fingerprint density at radius 1 is 1.00 bits per heavy atom. The molecule has 0 radical (unpaired) electrons. The SMILES string of the molecule is NC(=O)[C@@H](NS(=O)(=O)/C=C\c1ccccc1)c1ccccc1. The summed E-state index contributed by atoms with van der Waals surface area (Å²) >= 11 is 0. The van der Waals surface area contributed by atoms with Gasteiger partial charge in [-0.15, -0.1) is 0 Å². The first-order valence-corrected chi connectivity index (χ1v) is 8.12. The van der Waals surface area contributed by atoms with E-state index >= 15 is 0 Å². The highest BCUT2D eigenvalue weighted by atomic mass is 32.2. The zero-order chi connectivity index (χ0) is 16.0. The molecule has 5 nitrogen and oxygen atoms in total. The highest BCUT2D eigenvalue weighted by Crippen LogP contribution is 2.14. The molecule has 114 valence electrons. The van der Waals surface area contributed by atoms with Crippen LogP contribution in [0.3, 0.4) is 0 Å². The molecule has 3 N–H and O–H groups in total. The van der Waals surface area contributed by atoms with E-state index in [0.717, 1.165) is 11.0 Å². The van der Waals surface area contributed by atoms with Gasteiger partial charge in [0.2, 0.25) is 15.9 Å². The number of rotatable bonds is 6. The fourth-order valence-corrected chi connectivity index (χ4v) is 2.87. The molecule has 0 fully saturated rings. The topological polar surface area (TPSA) is 89.3 Å². The van der Waals surface area contributed by atoms with Crippen LogP contribution in [0.4, 0.5) is 0 Å². The number of carbonyl (C=O) groups excluding carboxylic acids is 1. The summed E-state index contributed by atoms with van der Waals surface area (Å²) in [6.45, 7) is 0. The van der Waals surface area contributed by atoms with Crippen LogP contribution < -0.4 is 10.5 Å². The fourth-order valence-electron chi connectivity index (χ4n) is 1.87. The van der Waals surface area contributed by atoms with Gasteiger partial charge in [0, 0.05) is 5.41 Å². The molecule has 0 unspecified atom stereocenters. The molecular weight excluding hydrogens is 300 g/mol. The summed E-state index contributed by atoms with van der Waals surface area (Å²) in [4.78, 5) is 11.5. The molecular formula is C16H16N2O3S. The van der Waals surface area contributed by atoms with Crippen molar-refractivity contribution < 1.29 is 13.2 Å². The average molecular weight is 316 g/mol. The second-order valence-electron chi connectivity index (χ2n) is 4.62. The third kappa shape index (κ3) is 4.54. The van der Waals surface area contributed by atoms with E-state index in [0.29, 0.717) is 5.56 Å². The maximum absolute atomic E-state index is 12.1. The van der Waals surface area contributed by atoms with Crippen LogP contribution in [0.5, 0.6) is 0 Å². The van der Waals surface area contributed by atoms with Crippen LogP contribution in [0, 0.1) is 0 Å². The number of amides is 1. The molecule has 0 saturated heterocycles. The number of primary amides is 1. The van der Waals surface area contributed by atoms with Gasteiger partial charge in [0.25, 0.3) is 0 Å². The first-order valence-electron chi connectivity index (χ1n) is 6.58. The Morgan fingerprint density at radius 2 is 1.55 bits per heavy atom. The van der Waals surface area contributed by atoms with E-state index in [9.17, 15) is 13.2 Å². The van der Waals surface area contributed by atoms with Crippen molar-refractivity contribution in [3.05, 3.63) is 77.2 Å². The Bertz CT molecular complexity index is 756. The minimum Gasteiger partial charge on any atom is -0.368 e. The van der Waals surface area contributed by atoms with Gasteiger partial charge in [-0.1, -0.05) is 60.7 Å². The first-order chi connectivity index (χ1) is 10.5. The highest BCUT2D eigenvalue weighted by Gasteiger charge is 2.22. The number of hydrogen-bond donors (Lipinski definition) is 2. The number of nitrogens with one attached hydrogen (secondary N) is 1. The van der Waals surface area contributed by atoms with E-state index in [1.807, 2.05) is 6.07 Å². The third-order valence-corrected chi connectivity index (χ3v) is 4.00. The van der Waals surface area contributed by atoms with Crippen molar-refractivity contribution in [1.29, 1.82) is 0 Å². The Hall–Kier alpha value is -2.44. The molecule has 6 heteroatoms. The van der Waals surface area contributed by atoms with Crippen molar-refractivity contribution in [2.45, 2.75) is 6.04 Å². The van der Waals surface area contributed by atoms with E-state index in [2.05, 4.69) is 4.72 Å². The maximum atomic E-state index is 12.1. The lowest BCUT2D eigenvalue weighted by atomic mass is 10.1. The number of hydrogen-bond acceptors (Lipinski definition) is 3. The molecule has 0 aliphatic carbocycles. The lowest BCUT2D eigenvalue weighted by molar-refractivity contribution is -0.119. The molecule has 1 atom stereocenters. The van der Waals surface area contributed by atoms with Gasteiger partial charge in [-0.25, -0.2) is 8.42 Å². The minimum absolute atomic E-state index is 0.492. The summed E-state index contributed by atoms with van der Waals surface area (Å²) < 4.78 is 26.5. The van der Waals surface area contributed by atoms with Crippen LogP contribution in [-0.2, 0) is 14.8 Å². The van der Waals surface area contributed by atoms with Crippen molar-refractivity contribution in [3.8, 4) is 0 Å². The first kappa shape index (κ1) is 15.9. The van der Waals surface area contributed by atoms with Crippen molar-refractivity contribution in [1.82, 2.24) is 4.72 Å². The normalized spacial score (nSPS) is 13.1. The molecule has 0 heterocycles. The summed E-state index contributed by atoms with van der Waals surface area (Å²) in [7, 11) is -3.80. The number of carbonyl (C=O) groups is 1. The van der Waals surface area contributed by atoms with Gasteiger partial charge in [0.05, 0.1) is 0 Å². The van der Waals surface area contributed by atoms with Crippen LogP contribution in [0.15, 0.2) is 66.1 Å².